The molecule has 1 amide bonds. The van der Waals surface area contributed by atoms with Gasteiger partial charge in [-0.05, 0) is 18.6 Å². The van der Waals surface area contributed by atoms with Crippen LogP contribution in [0.3, 0.4) is 0 Å². The highest BCUT2D eigenvalue weighted by atomic mass is 16.5. The summed E-state index contributed by atoms with van der Waals surface area (Å²) in [7, 11) is 1.59. The number of benzene rings is 1. The normalized spacial score (nSPS) is 10.6. The SMILES string of the molecule is COCCNC(=O)CCc1nnc(-c2ccccc2C)o1. The molecule has 1 N–H and O–H groups in total. The van der Waals surface area contributed by atoms with Crippen molar-refractivity contribution in [2.45, 2.75) is 19.8 Å². The molecule has 0 radical (unpaired) electrons. The molecule has 0 aliphatic rings. The van der Waals surface area contributed by atoms with Crippen LogP contribution in [0.25, 0.3) is 11.5 Å². The van der Waals surface area contributed by atoms with E-state index in [9.17, 15) is 4.79 Å². The number of nitrogens with zero attached hydrogens (tertiary/aromatic N) is 2. The molecule has 0 aliphatic heterocycles. The van der Waals surface area contributed by atoms with Crippen LogP contribution in [0.2, 0.25) is 0 Å². The van der Waals surface area contributed by atoms with Gasteiger partial charge in [0.2, 0.25) is 17.7 Å². The highest BCUT2D eigenvalue weighted by molar-refractivity contribution is 5.75. The fourth-order valence-electron chi connectivity index (χ4n) is 1.88. The van der Waals surface area contributed by atoms with Crippen LogP contribution in [0.4, 0.5) is 0 Å². The number of carbonyl (C=O) groups is 1. The van der Waals surface area contributed by atoms with Gasteiger partial charge in [-0.1, -0.05) is 18.2 Å². The minimum Gasteiger partial charge on any atom is -0.421 e. The Kier molecular flexibility index (Phi) is 5.45. The smallest absolute Gasteiger partial charge is 0.247 e. The number of hydrogen-bond acceptors (Lipinski definition) is 5. The summed E-state index contributed by atoms with van der Waals surface area (Å²) >= 11 is 0. The number of rotatable bonds is 7. The molecular weight excluding hydrogens is 270 g/mol. The molecule has 2 rings (SSSR count). The average Bonchev–Trinajstić information content (AvgIpc) is 2.94. The van der Waals surface area contributed by atoms with Crippen molar-refractivity contribution < 1.29 is 13.9 Å². The van der Waals surface area contributed by atoms with E-state index in [0.29, 0.717) is 37.8 Å². The van der Waals surface area contributed by atoms with E-state index < -0.39 is 0 Å². The van der Waals surface area contributed by atoms with E-state index in [1.807, 2.05) is 31.2 Å². The zero-order valence-electron chi connectivity index (χ0n) is 12.3. The van der Waals surface area contributed by atoms with E-state index in [1.54, 1.807) is 7.11 Å². The summed E-state index contributed by atoms with van der Waals surface area (Å²) in [6.07, 6.45) is 0.747. The highest BCUT2D eigenvalue weighted by Crippen LogP contribution is 2.21. The standard InChI is InChI=1S/C15H19N3O3/c1-11-5-3-4-6-12(11)15-18-17-14(21-15)8-7-13(19)16-9-10-20-2/h3-6H,7-10H2,1-2H3,(H,16,19). The molecule has 0 aliphatic carbocycles. The third-order valence-corrected chi connectivity index (χ3v) is 3.04. The van der Waals surface area contributed by atoms with Gasteiger partial charge < -0.3 is 14.5 Å². The fourth-order valence-corrected chi connectivity index (χ4v) is 1.88. The van der Waals surface area contributed by atoms with Crippen molar-refractivity contribution in [1.29, 1.82) is 0 Å². The third-order valence-electron chi connectivity index (χ3n) is 3.04. The first-order valence-corrected chi connectivity index (χ1v) is 6.84. The first-order chi connectivity index (χ1) is 10.2. The molecule has 112 valence electrons. The molecule has 21 heavy (non-hydrogen) atoms. The zero-order chi connectivity index (χ0) is 15.1. The Hall–Kier alpha value is -2.21. The Morgan fingerprint density at radius 1 is 1.33 bits per heavy atom. The lowest BCUT2D eigenvalue weighted by molar-refractivity contribution is -0.121. The first kappa shape index (κ1) is 15.2. The molecule has 0 unspecified atom stereocenters. The molecule has 6 nitrogen and oxygen atoms in total. The lowest BCUT2D eigenvalue weighted by Gasteiger charge is -2.02. The maximum absolute atomic E-state index is 11.6. The molecule has 0 spiro atoms. The van der Waals surface area contributed by atoms with Crippen LogP contribution in [0.1, 0.15) is 17.9 Å². The van der Waals surface area contributed by atoms with Gasteiger partial charge in [-0.15, -0.1) is 10.2 Å². The second kappa shape index (κ2) is 7.54. The number of methoxy groups -OCH3 is 1. The van der Waals surface area contributed by atoms with Gasteiger partial charge >= 0.3 is 0 Å². The molecule has 1 aromatic carbocycles. The fraction of sp³-hybridized carbons (Fsp3) is 0.400. The van der Waals surface area contributed by atoms with Crippen molar-refractivity contribution in [3.63, 3.8) is 0 Å². The predicted octanol–water partition coefficient (Wildman–Crippen LogP) is 1.74. The number of aryl methyl sites for hydroxylation is 2. The summed E-state index contributed by atoms with van der Waals surface area (Å²) in [5.41, 5.74) is 1.99. The molecular formula is C15H19N3O3. The quantitative estimate of drug-likeness (QED) is 0.786. The Morgan fingerprint density at radius 3 is 2.90 bits per heavy atom. The Bertz CT molecular complexity index is 595. The van der Waals surface area contributed by atoms with Crippen molar-refractivity contribution in [2.75, 3.05) is 20.3 Å². The van der Waals surface area contributed by atoms with Gasteiger partial charge in [-0.25, -0.2) is 0 Å². The molecule has 0 bridgehead atoms. The van der Waals surface area contributed by atoms with Crippen LogP contribution >= 0.6 is 0 Å². The summed E-state index contributed by atoms with van der Waals surface area (Å²) in [6.45, 7) is 3.00. The van der Waals surface area contributed by atoms with Crippen LogP contribution in [-0.4, -0.2) is 36.4 Å². The van der Waals surface area contributed by atoms with Crippen molar-refractivity contribution in [1.82, 2.24) is 15.5 Å². The Balaban J connectivity index is 1.89. The van der Waals surface area contributed by atoms with E-state index in [4.69, 9.17) is 9.15 Å². The third kappa shape index (κ3) is 4.39. The van der Waals surface area contributed by atoms with Gasteiger partial charge in [0.05, 0.1) is 6.61 Å². The van der Waals surface area contributed by atoms with E-state index in [1.165, 1.54) is 0 Å². The molecule has 0 fully saturated rings. The average molecular weight is 289 g/mol. The van der Waals surface area contributed by atoms with Crippen molar-refractivity contribution >= 4 is 5.91 Å². The number of nitrogens with one attached hydrogen (secondary N) is 1. The maximum atomic E-state index is 11.6. The van der Waals surface area contributed by atoms with Gasteiger partial charge in [-0.3, -0.25) is 4.79 Å². The van der Waals surface area contributed by atoms with E-state index in [2.05, 4.69) is 15.5 Å². The minimum atomic E-state index is -0.0531. The Morgan fingerprint density at radius 2 is 2.14 bits per heavy atom. The van der Waals surface area contributed by atoms with E-state index >= 15 is 0 Å². The monoisotopic (exact) mass is 289 g/mol. The topological polar surface area (TPSA) is 77.2 Å². The minimum absolute atomic E-state index is 0.0531. The largest absolute Gasteiger partial charge is 0.421 e. The summed E-state index contributed by atoms with van der Waals surface area (Å²) < 4.78 is 10.5. The van der Waals surface area contributed by atoms with Gasteiger partial charge in [-0.2, -0.15) is 0 Å². The van der Waals surface area contributed by atoms with E-state index in [0.717, 1.165) is 11.1 Å². The van der Waals surface area contributed by atoms with Crippen LogP contribution in [0.15, 0.2) is 28.7 Å². The molecule has 1 aromatic heterocycles. The summed E-state index contributed by atoms with van der Waals surface area (Å²) in [5, 5.41) is 10.8. The zero-order valence-corrected chi connectivity index (χ0v) is 12.3. The predicted molar refractivity (Wildman–Crippen MR) is 77.7 cm³/mol. The maximum Gasteiger partial charge on any atom is 0.247 e. The molecule has 0 saturated heterocycles. The highest BCUT2D eigenvalue weighted by Gasteiger charge is 2.11. The first-order valence-electron chi connectivity index (χ1n) is 6.84. The van der Waals surface area contributed by atoms with Gasteiger partial charge in [0.1, 0.15) is 0 Å². The number of aromatic nitrogens is 2. The summed E-state index contributed by atoms with van der Waals surface area (Å²) in [6, 6.07) is 7.81. The second-order valence-corrected chi connectivity index (χ2v) is 4.66. The van der Waals surface area contributed by atoms with Gasteiger partial charge in [0.15, 0.2) is 0 Å². The van der Waals surface area contributed by atoms with Crippen molar-refractivity contribution in [2.24, 2.45) is 0 Å². The number of ether oxygens (including phenoxy) is 1. The Labute approximate surface area is 123 Å². The van der Waals surface area contributed by atoms with Crippen LogP contribution in [0, 0.1) is 6.92 Å². The van der Waals surface area contributed by atoms with Crippen LogP contribution < -0.4 is 5.32 Å². The molecule has 1 heterocycles. The van der Waals surface area contributed by atoms with Crippen molar-refractivity contribution in [3.8, 4) is 11.5 Å². The summed E-state index contributed by atoms with van der Waals surface area (Å²) in [4.78, 5) is 11.6. The second-order valence-electron chi connectivity index (χ2n) is 4.66. The van der Waals surface area contributed by atoms with Crippen molar-refractivity contribution in [3.05, 3.63) is 35.7 Å². The molecule has 2 aromatic rings. The van der Waals surface area contributed by atoms with Crippen LogP contribution in [0.5, 0.6) is 0 Å². The van der Waals surface area contributed by atoms with Gasteiger partial charge in [0, 0.05) is 32.1 Å². The number of carbonyl (C=O) groups excluding carboxylic acids is 1. The summed E-state index contributed by atoms with van der Waals surface area (Å²) in [5.74, 6) is 0.903. The molecule has 0 saturated carbocycles. The molecule has 0 atom stereocenters. The molecule has 6 heteroatoms. The van der Waals surface area contributed by atoms with Gasteiger partial charge in [0.25, 0.3) is 0 Å². The van der Waals surface area contributed by atoms with E-state index in [-0.39, 0.29) is 5.91 Å². The number of amides is 1. The lowest BCUT2D eigenvalue weighted by atomic mass is 10.1. The van der Waals surface area contributed by atoms with Crippen LogP contribution in [-0.2, 0) is 16.0 Å². The lowest BCUT2D eigenvalue weighted by Crippen LogP contribution is -2.27. The number of hydrogen-bond donors (Lipinski definition) is 1.